The van der Waals surface area contributed by atoms with Crippen LogP contribution in [-0.2, 0) is 16.1 Å². The van der Waals surface area contributed by atoms with Gasteiger partial charge in [-0.15, -0.1) is 0 Å². The number of benzene rings is 1. The molecule has 0 radical (unpaired) electrons. The van der Waals surface area contributed by atoms with E-state index in [1.807, 2.05) is 29.2 Å². The molecular weight excluding hydrogens is 300 g/mol. The fourth-order valence-corrected chi connectivity index (χ4v) is 4.85. The van der Waals surface area contributed by atoms with Crippen LogP contribution in [0.3, 0.4) is 0 Å². The van der Waals surface area contributed by atoms with Gasteiger partial charge in [0.2, 0.25) is 11.8 Å². The van der Waals surface area contributed by atoms with E-state index in [0.717, 1.165) is 36.1 Å². The van der Waals surface area contributed by atoms with Crippen molar-refractivity contribution in [3.8, 4) is 0 Å². The van der Waals surface area contributed by atoms with E-state index >= 15 is 0 Å². The molecule has 1 aromatic carbocycles. The van der Waals surface area contributed by atoms with Crippen LogP contribution in [0.4, 0.5) is 5.69 Å². The standard InChI is InChI=1S/C20H26N2O2/c23-19(12-17-11-15-3-6-16(17)10-15)21-13-14-4-7-18(8-5-14)22-9-1-2-20(22)24/h4-5,7-8,15-17H,1-3,6,9-13H2,(H,21,23)/t15-,16-,17-/m1/s1. The maximum Gasteiger partial charge on any atom is 0.227 e. The number of amides is 2. The molecule has 0 spiro atoms. The summed E-state index contributed by atoms with van der Waals surface area (Å²) in [4.78, 5) is 25.8. The third kappa shape index (κ3) is 3.19. The molecule has 2 bridgehead atoms. The molecular formula is C20H26N2O2. The van der Waals surface area contributed by atoms with E-state index in [0.29, 0.717) is 25.3 Å². The van der Waals surface area contributed by atoms with E-state index in [2.05, 4.69) is 5.32 Å². The minimum Gasteiger partial charge on any atom is -0.352 e. The summed E-state index contributed by atoms with van der Waals surface area (Å²) < 4.78 is 0. The smallest absolute Gasteiger partial charge is 0.227 e. The average Bonchev–Trinajstić information content (AvgIpc) is 3.30. The Kier molecular flexibility index (Phi) is 4.30. The zero-order chi connectivity index (χ0) is 16.5. The first kappa shape index (κ1) is 15.7. The molecule has 4 nitrogen and oxygen atoms in total. The second-order valence-electron chi connectivity index (χ2n) is 7.73. The molecule has 2 saturated carbocycles. The molecule has 1 saturated heterocycles. The van der Waals surface area contributed by atoms with Crippen LogP contribution in [0.15, 0.2) is 24.3 Å². The summed E-state index contributed by atoms with van der Waals surface area (Å²) in [5.41, 5.74) is 2.06. The van der Waals surface area contributed by atoms with Crippen molar-refractivity contribution in [3.05, 3.63) is 29.8 Å². The minimum atomic E-state index is 0.186. The molecule has 3 aliphatic rings. The highest BCUT2D eigenvalue weighted by atomic mass is 16.2. The Labute approximate surface area is 143 Å². The van der Waals surface area contributed by atoms with Crippen molar-refractivity contribution in [1.82, 2.24) is 5.32 Å². The van der Waals surface area contributed by atoms with E-state index < -0.39 is 0 Å². The third-order valence-corrected chi connectivity index (χ3v) is 6.14. The lowest BCUT2D eigenvalue weighted by atomic mass is 9.86. The highest BCUT2D eigenvalue weighted by Crippen LogP contribution is 2.49. The Balaban J connectivity index is 1.26. The quantitative estimate of drug-likeness (QED) is 0.903. The lowest BCUT2D eigenvalue weighted by molar-refractivity contribution is -0.122. The summed E-state index contributed by atoms with van der Waals surface area (Å²) in [6, 6.07) is 8.00. The molecule has 3 atom stereocenters. The number of fused-ring (bicyclic) bond motifs is 2. The molecule has 4 rings (SSSR count). The molecule has 2 amide bonds. The van der Waals surface area contributed by atoms with Gasteiger partial charge in [0.25, 0.3) is 0 Å². The van der Waals surface area contributed by atoms with Crippen molar-refractivity contribution in [3.63, 3.8) is 0 Å². The van der Waals surface area contributed by atoms with Gasteiger partial charge in [-0.05, 0) is 61.1 Å². The molecule has 0 aromatic heterocycles. The fourth-order valence-electron chi connectivity index (χ4n) is 4.85. The van der Waals surface area contributed by atoms with Crippen LogP contribution in [0.25, 0.3) is 0 Å². The van der Waals surface area contributed by atoms with Crippen LogP contribution in [0.5, 0.6) is 0 Å². The van der Waals surface area contributed by atoms with E-state index in [4.69, 9.17) is 0 Å². The molecule has 24 heavy (non-hydrogen) atoms. The summed E-state index contributed by atoms with van der Waals surface area (Å²) in [6.45, 7) is 1.40. The highest BCUT2D eigenvalue weighted by molar-refractivity contribution is 5.95. The van der Waals surface area contributed by atoms with Crippen LogP contribution >= 0.6 is 0 Å². The van der Waals surface area contributed by atoms with Gasteiger partial charge in [-0.2, -0.15) is 0 Å². The van der Waals surface area contributed by atoms with Crippen LogP contribution in [0.2, 0.25) is 0 Å². The first-order valence-electron chi connectivity index (χ1n) is 9.35. The van der Waals surface area contributed by atoms with Crippen molar-refractivity contribution in [2.45, 2.75) is 51.5 Å². The van der Waals surface area contributed by atoms with Crippen LogP contribution in [-0.4, -0.2) is 18.4 Å². The zero-order valence-electron chi connectivity index (χ0n) is 14.2. The maximum absolute atomic E-state index is 12.2. The second kappa shape index (κ2) is 6.58. The van der Waals surface area contributed by atoms with Gasteiger partial charge in [-0.25, -0.2) is 0 Å². The zero-order valence-corrected chi connectivity index (χ0v) is 14.2. The van der Waals surface area contributed by atoms with Gasteiger partial charge in [0, 0.05) is 31.6 Å². The predicted octanol–water partition coefficient (Wildman–Crippen LogP) is 3.26. The fraction of sp³-hybridized carbons (Fsp3) is 0.600. The molecule has 1 heterocycles. The van der Waals surface area contributed by atoms with Crippen LogP contribution in [0, 0.1) is 17.8 Å². The summed E-state index contributed by atoms with van der Waals surface area (Å²) in [5, 5.41) is 3.06. The van der Waals surface area contributed by atoms with E-state index in [9.17, 15) is 9.59 Å². The van der Waals surface area contributed by atoms with Crippen LogP contribution in [0.1, 0.15) is 50.5 Å². The molecule has 1 aliphatic heterocycles. The molecule has 4 heteroatoms. The average molecular weight is 326 g/mol. The number of hydrogen-bond acceptors (Lipinski definition) is 2. The van der Waals surface area contributed by atoms with Crippen LogP contribution < -0.4 is 10.2 Å². The first-order valence-corrected chi connectivity index (χ1v) is 9.35. The normalized spacial score (nSPS) is 28.6. The topological polar surface area (TPSA) is 49.4 Å². The summed E-state index contributed by atoms with van der Waals surface area (Å²) in [6.07, 6.45) is 7.63. The highest BCUT2D eigenvalue weighted by Gasteiger charge is 2.40. The Morgan fingerprint density at radius 2 is 2.00 bits per heavy atom. The number of anilines is 1. The van der Waals surface area contributed by atoms with Gasteiger partial charge in [-0.1, -0.05) is 18.6 Å². The van der Waals surface area contributed by atoms with Gasteiger partial charge < -0.3 is 10.2 Å². The van der Waals surface area contributed by atoms with Crippen molar-refractivity contribution >= 4 is 17.5 Å². The van der Waals surface area contributed by atoms with Crippen molar-refractivity contribution in [1.29, 1.82) is 0 Å². The predicted molar refractivity (Wildman–Crippen MR) is 93.4 cm³/mol. The maximum atomic E-state index is 12.2. The van der Waals surface area contributed by atoms with Gasteiger partial charge in [0.1, 0.15) is 0 Å². The lowest BCUT2D eigenvalue weighted by Crippen LogP contribution is -2.27. The molecule has 2 aliphatic carbocycles. The number of carbonyl (C=O) groups excluding carboxylic acids is 2. The Morgan fingerprint density at radius 3 is 2.62 bits per heavy atom. The Hall–Kier alpha value is -1.84. The van der Waals surface area contributed by atoms with Gasteiger partial charge >= 0.3 is 0 Å². The third-order valence-electron chi connectivity index (χ3n) is 6.14. The lowest BCUT2D eigenvalue weighted by Gasteiger charge is -2.21. The summed E-state index contributed by atoms with van der Waals surface area (Å²) in [7, 11) is 0. The van der Waals surface area contributed by atoms with E-state index in [1.165, 1.54) is 25.7 Å². The molecule has 1 N–H and O–H groups in total. The number of nitrogens with one attached hydrogen (secondary N) is 1. The Morgan fingerprint density at radius 1 is 1.17 bits per heavy atom. The molecule has 1 aromatic rings. The van der Waals surface area contributed by atoms with Crippen molar-refractivity contribution < 1.29 is 9.59 Å². The molecule has 128 valence electrons. The number of hydrogen-bond donors (Lipinski definition) is 1. The minimum absolute atomic E-state index is 0.186. The van der Waals surface area contributed by atoms with Gasteiger partial charge in [0.15, 0.2) is 0 Å². The van der Waals surface area contributed by atoms with Gasteiger partial charge in [-0.3, -0.25) is 9.59 Å². The van der Waals surface area contributed by atoms with Crippen molar-refractivity contribution in [2.75, 3.05) is 11.4 Å². The van der Waals surface area contributed by atoms with E-state index in [-0.39, 0.29) is 11.8 Å². The Bertz CT molecular complexity index is 625. The summed E-state index contributed by atoms with van der Waals surface area (Å²) in [5.74, 6) is 2.72. The largest absolute Gasteiger partial charge is 0.352 e. The molecule has 3 fully saturated rings. The number of nitrogens with zero attached hydrogens (tertiary/aromatic N) is 1. The van der Waals surface area contributed by atoms with Crippen molar-refractivity contribution in [2.24, 2.45) is 17.8 Å². The van der Waals surface area contributed by atoms with Gasteiger partial charge in [0.05, 0.1) is 0 Å². The molecule has 0 unspecified atom stereocenters. The summed E-state index contributed by atoms with van der Waals surface area (Å²) >= 11 is 0. The second-order valence-corrected chi connectivity index (χ2v) is 7.73. The van der Waals surface area contributed by atoms with E-state index in [1.54, 1.807) is 0 Å². The first-order chi connectivity index (χ1) is 11.7. The number of carbonyl (C=O) groups is 2. The monoisotopic (exact) mass is 326 g/mol. The SMILES string of the molecule is O=C(C[C@H]1C[C@@H]2CC[C@@H]1C2)NCc1ccc(N2CCCC2=O)cc1. The number of rotatable bonds is 5.